The second-order valence-corrected chi connectivity index (χ2v) is 9.74. The molecule has 0 amide bonds. The topological polar surface area (TPSA) is 26.0 Å². The van der Waals surface area contributed by atoms with Crippen LogP contribution in [-0.4, -0.2) is 0 Å². The van der Waals surface area contributed by atoms with Gasteiger partial charge in [-0.05, 0) is 43.9 Å². The summed E-state index contributed by atoms with van der Waals surface area (Å²) in [6.45, 7) is 6.34. The average Bonchev–Trinajstić information content (AvgIpc) is 2.64. The molecule has 1 aromatic rings. The fraction of sp³-hybridized carbons (Fsp3) is 0.760. The van der Waals surface area contributed by atoms with Crippen molar-refractivity contribution in [3.8, 4) is 0 Å². The van der Waals surface area contributed by atoms with Gasteiger partial charge >= 0.3 is 0 Å². The Labute approximate surface area is 196 Å². The maximum absolute atomic E-state index is 6.48. The number of benzene rings is 1. The number of unbranched alkanes of at least 4 members (excludes halogenated alkanes) is 13. The highest BCUT2D eigenvalue weighted by Gasteiger charge is 2.21. The lowest BCUT2D eigenvalue weighted by Gasteiger charge is -2.24. The van der Waals surface area contributed by atoms with Gasteiger partial charge in [-0.2, -0.15) is 0 Å². The molecule has 0 saturated carbocycles. The zero-order valence-corrected chi connectivity index (χ0v) is 21.3. The molecule has 0 spiro atoms. The number of hydrogen-bond acceptors (Lipinski definition) is 1. The van der Waals surface area contributed by atoms with E-state index in [-0.39, 0.29) is 17.9 Å². The summed E-state index contributed by atoms with van der Waals surface area (Å²) in [7, 11) is 0. The minimum absolute atomic E-state index is 0. The van der Waals surface area contributed by atoms with Crippen LogP contribution in [-0.2, 0) is 12.0 Å². The Bertz CT molecular complexity index is 538. The minimum atomic E-state index is -0.389. The lowest BCUT2D eigenvalue weighted by atomic mass is 9.88. The Morgan fingerprint density at radius 1 is 0.724 bits per heavy atom. The van der Waals surface area contributed by atoms with Crippen molar-refractivity contribution in [1.82, 2.24) is 0 Å². The largest absolute Gasteiger partial charge is 0.322 e. The van der Waals surface area contributed by atoms with E-state index in [0.29, 0.717) is 10.0 Å². The van der Waals surface area contributed by atoms with E-state index in [4.69, 9.17) is 28.9 Å². The van der Waals surface area contributed by atoms with E-state index in [1.807, 2.05) is 26.0 Å². The van der Waals surface area contributed by atoms with Crippen molar-refractivity contribution in [2.45, 2.75) is 123 Å². The molecule has 0 aliphatic heterocycles. The molecule has 4 heteroatoms. The summed E-state index contributed by atoms with van der Waals surface area (Å²) < 4.78 is 0. The lowest BCUT2D eigenvalue weighted by molar-refractivity contribution is 0.531. The molecule has 170 valence electrons. The van der Waals surface area contributed by atoms with Crippen LogP contribution in [0.2, 0.25) is 10.0 Å². The molecule has 0 atom stereocenters. The third-order valence-corrected chi connectivity index (χ3v) is 6.51. The van der Waals surface area contributed by atoms with Gasteiger partial charge in [0.25, 0.3) is 0 Å². The van der Waals surface area contributed by atoms with Crippen molar-refractivity contribution in [2.75, 3.05) is 0 Å². The molecule has 0 radical (unpaired) electrons. The highest BCUT2D eigenvalue weighted by Crippen LogP contribution is 2.34. The normalized spacial score (nSPS) is 11.5. The lowest BCUT2D eigenvalue weighted by Crippen LogP contribution is -2.30. The molecule has 0 fully saturated rings. The predicted octanol–water partition coefficient (Wildman–Crippen LogP) is 9.63. The van der Waals surface area contributed by atoms with Crippen molar-refractivity contribution in [3.63, 3.8) is 0 Å². The van der Waals surface area contributed by atoms with E-state index >= 15 is 0 Å². The summed E-state index contributed by atoms with van der Waals surface area (Å²) in [4.78, 5) is 0. The van der Waals surface area contributed by atoms with Gasteiger partial charge in [0.05, 0.1) is 10.0 Å². The zero-order chi connectivity index (χ0) is 20.8. The van der Waals surface area contributed by atoms with Gasteiger partial charge in [0.1, 0.15) is 0 Å². The van der Waals surface area contributed by atoms with Crippen LogP contribution in [0.4, 0.5) is 0 Å². The Morgan fingerprint density at radius 2 is 1.14 bits per heavy atom. The quantitative estimate of drug-likeness (QED) is 0.242. The van der Waals surface area contributed by atoms with Gasteiger partial charge in [-0.25, -0.2) is 0 Å². The Morgan fingerprint density at radius 3 is 1.55 bits per heavy atom. The highest BCUT2D eigenvalue weighted by molar-refractivity contribution is 6.42. The molecule has 29 heavy (non-hydrogen) atoms. The summed E-state index contributed by atoms with van der Waals surface area (Å²) in [5.74, 6) is 0. The molecular weight excluding hydrogens is 421 g/mol. The van der Waals surface area contributed by atoms with Crippen molar-refractivity contribution in [2.24, 2.45) is 5.73 Å². The smallest absolute Gasteiger partial charge is 0.0627 e. The standard InChI is InChI=1S/C25H43Cl2N.ClH/c1-4-5-6-7-8-9-10-11-12-13-14-15-16-17-18-21-22(25(2,3)28)19-20-23(26)24(21)27;/h19-20H,4-18,28H2,1-3H3;1H. The molecule has 0 aromatic heterocycles. The first-order chi connectivity index (χ1) is 13.4. The monoisotopic (exact) mass is 463 g/mol. The molecule has 0 unspecified atom stereocenters. The first kappa shape index (κ1) is 29.1. The Hall–Kier alpha value is 0.0500. The van der Waals surface area contributed by atoms with Crippen molar-refractivity contribution in [1.29, 1.82) is 0 Å². The fourth-order valence-corrected chi connectivity index (χ4v) is 4.37. The van der Waals surface area contributed by atoms with E-state index in [1.54, 1.807) is 0 Å². The van der Waals surface area contributed by atoms with Gasteiger partial charge in [-0.3, -0.25) is 0 Å². The van der Waals surface area contributed by atoms with Gasteiger partial charge in [-0.15, -0.1) is 12.4 Å². The number of nitrogens with two attached hydrogens (primary N) is 1. The van der Waals surface area contributed by atoms with Crippen molar-refractivity contribution >= 4 is 35.6 Å². The summed E-state index contributed by atoms with van der Waals surface area (Å²) in [5.41, 5.74) is 8.20. The molecule has 0 saturated heterocycles. The number of halogens is 3. The molecule has 1 rings (SSSR count). The molecule has 1 aromatic carbocycles. The van der Waals surface area contributed by atoms with Crippen LogP contribution in [0.1, 0.15) is 122 Å². The van der Waals surface area contributed by atoms with Gasteiger partial charge in [-0.1, -0.05) is 120 Å². The summed E-state index contributed by atoms with van der Waals surface area (Å²) in [5, 5.41) is 1.32. The fourth-order valence-electron chi connectivity index (χ4n) is 3.94. The molecular formula is C25H44Cl3N. The zero-order valence-electron chi connectivity index (χ0n) is 19.0. The SMILES string of the molecule is CCCCCCCCCCCCCCCCc1c(C(C)(C)N)ccc(Cl)c1Cl.Cl. The van der Waals surface area contributed by atoms with E-state index in [9.17, 15) is 0 Å². The van der Waals surface area contributed by atoms with Crippen molar-refractivity contribution in [3.05, 3.63) is 33.3 Å². The maximum Gasteiger partial charge on any atom is 0.0627 e. The van der Waals surface area contributed by atoms with E-state index in [2.05, 4.69) is 6.92 Å². The summed E-state index contributed by atoms with van der Waals surface area (Å²) in [6.07, 6.45) is 20.2. The van der Waals surface area contributed by atoms with E-state index < -0.39 is 0 Å². The van der Waals surface area contributed by atoms with Crippen LogP contribution in [0.25, 0.3) is 0 Å². The number of hydrogen-bond donors (Lipinski definition) is 1. The molecule has 1 nitrogen and oxygen atoms in total. The van der Waals surface area contributed by atoms with Gasteiger partial charge in [0.2, 0.25) is 0 Å². The average molecular weight is 465 g/mol. The second-order valence-electron chi connectivity index (χ2n) is 8.96. The van der Waals surface area contributed by atoms with Crippen molar-refractivity contribution < 1.29 is 0 Å². The summed E-state index contributed by atoms with van der Waals surface area (Å²) >= 11 is 12.7. The first-order valence-electron chi connectivity index (χ1n) is 11.6. The summed E-state index contributed by atoms with van der Waals surface area (Å²) in [6, 6.07) is 3.90. The van der Waals surface area contributed by atoms with Crippen LogP contribution in [0, 0.1) is 0 Å². The minimum Gasteiger partial charge on any atom is -0.322 e. The Balaban J connectivity index is 0.00000784. The first-order valence-corrected chi connectivity index (χ1v) is 12.4. The Kier molecular flexibility index (Phi) is 16.7. The van der Waals surface area contributed by atoms with E-state index in [1.165, 1.54) is 83.5 Å². The highest BCUT2D eigenvalue weighted by atomic mass is 35.5. The molecule has 2 N–H and O–H groups in total. The molecule has 0 aliphatic carbocycles. The molecule has 0 heterocycles. The van der Waals surface area contributed by atoms with Crippen LogP contribution in [0.15, 0.2) is 12.1 Å². The predicted molar refractivity (Wildman–Crippen MR) is 135 cm³/mol. The number of rotatable bonds is 16. The third kappa shape index (κ3) is 12.5. The molecule has 0 bridgehead atoms. The third-order valence-electron chi connectivity index (χ3n) is 5.67. The van der Waals surface area contributed by atoms with Gasteiger partial charge in [0.15, 0.2) is 0 Å². The second kappa shape index (κ2) is 16.7. The van der Waals surface area contributed by atoms with Gasteiger partial charge in [0, 0.05) is 5.54 Å². The van der Waals surface area contributed by atoms with Crippen LogP contribution in [0.3, 0.4) is 0 Å². The van der Waals surface area contributed by atoms with Gasteiger partial charge < -0.3 is 5.73 Å². The molecule has 0 aliphatic rings. The maximum atomic E-state index is 6.48. The van der Waals surface area contributed by atoms with E-state index in [0.717, 1.165) is 24.0 Å². The van der Waals surface area contributed by atoms with Crippen LogP contribution in [0.5, 0.6) is 0 Å². The van der Waals surface area contributed by atoms with Crippen LogP contribution >= 0.6 is 35.6 Å². The van der Waals surface area contributed by atoms with Crippen LogP contribution < -0.4 is 5.73 Å².